The molecule has 0 saturated carbocycles. The van der Waals surface area contributed by atoms with Crippen LogP contribution in [-0.4, -0.2) is 13.3 Å². The van der Waals surface area contributed by atoms with Gasteiger partial charge in [0.15, 0.2) is 9.84 Å². The van der Waals surface area contributed by atoms with Gasteiger partial charge in [-0.3, -0.25) is 10.1 Å². The Labute approximate surface area is 129 Å². The minimum Gasteiger partial charge on any atom is -0.398 e. The van der Waals surface area contributed by atoms with E-state index in [0.717, 1.165) is 0 Å². The van der Waals surface area contributed by atoms with E-state index in [1.54, 1.807) is 12.1 Å². The van der Waals surface area contributed by atoms with Crippen LogP contribution < -0.4 is 5.73 Å². The molecule has 2 rings (SSSR count). The number of benzene rings is 2. The Morgan fingerprint density at radius 2 is 1.86 bits per heavy atom. The Kier molecular flexibility index (Phi) is 4.29. The molecule has 0 amide bonds. The number of hydrogen-bond donors (Lipinski definition) is 1. The Bertz CT molecular complexity index is 806. The van der Waals surface area contributed by atoms with Gasteiger partial charge in [0.25, 0.3) is 5.69 Å². The fraction of sp³-hybridized carbons (Fsp3) is 0.0769. The van der Waals surface area contributed by atoms with Crippen molar-refractivity contribution < 1.29 is 13.3 Å². The normalized spacial score (nSPS) is 11.3. The molecule has 2 aromatic carbocycles. The van der Waals surface area contributed by atoms with Gasteiger partial charge in [-0.2, -0.15) is 0 Å². The van der Waals surface area contributed by atoms with Crippen molar-refractivity contribution in [1.29, 1.82) is 0 Å². The molecule has 0 aromatic heterocycles. The molecule has 0 aliphatic heterocycles. The molecule has 0 bridgehead atoms. The Morgan fingerprint density at radius 1 is 1.19 bits per heavy atom. The van der Waals surface area contributed by atoms with E-state index >= 15 is 0 Å². The average molecular weight is 371 g/mol. The molecule has 110 valence electrons. The minimum atomic E-state index is -3.77. The molecule has 0 fully saturated rings. The molecular formula is C13H11BrN2O4S. The van der Waals surface area contributed by atoms with Crippen molar-refractivity contribution in [2.24, 2.45) is 0 Å². The van der Waals surface area contributed by atoms with Gasteiger partial charge in [-0.25, -0.2) is 8.42 Å². The lowest BCUT2D eigenvalue weighted by Gasteiger charge is -2.08. The van der Waals surface area contributed by atoms with Crippen molar-refractivity contribution >= 4 is 37.1 Å². The number of nitro groups is 1. The first-order valence-corrected chi connectivity index (χ1v) is 8.26. The first kappa shape index (κ1) is 15.5. The van der Waals surface area contributed by atoms with Gasteiger partial charge >= 0.3 is 0 Å². The highest BCUT2D eigenvalue weighted by molar-refractivity contribution is 9.10. The van der Waals surface area contributed by atoms with Crippen LogP contribution in [0.5, 0.6) is 0 Å². The second-order valence-electron chi connectivity index (χ2n) is 4.33. The number of rotatable bonds is 4. The molecule has 0 heterocycles. The maximum atomic E-state index is 12.4. The van der Waals surface area contributed by atoms with Gasteiger partial charge in [0.2, 0.25) is 0 Å². The highest BCUT2D eigenvalue weighted by Crippen LogP contribution is 2.28. The van der Waals surface area contributed by atoms with E-state index in [9.17, 15) is 18.5 Å². The van der Waals surface area contributed by atoms with E-state index in [0.29, 0.717) is 4.47 Å². The zero-order valence-electron chi connectivity index (χ0n) is 10.7. The maximum Gasteiger partial charge on any atom is 0.273 e. The van der Waals surface area contributed by atoms with E-state index < -0.39 is 20.5 Å². The Morgan fingerprint density at radius 3 is 2.48 bits per heavy atom. The van der Waals surface area contributed by atoms with Gasteiger partial charge in [0.1, 0.15) is 0 Å². The van der Waals surface area contributed by atoms with Crippen LogP contribution in [0.1, 0.15) is 5.56 Å². The Balaban J connectivity index is 2.45. The third-order valence-corrected chi connectivity index (χ3v) is 5.07. The topological polar surface area (TPSA) is 103 Å². The molecular weight excluding hydrogens is 360 g/mol. The summed E-state index contributed by atoms with van der Waals surface area (Å²) in [5.74, 6) is -0.476. The van der Waals surface area contributed by atoms with Crippen LogP contribution >= 0.6 is 15.9 Å². The minimum absolute atomic E-state index is 0.0381. The third-order valence-electron chi connectivity index (χ3n) is 2.84. The number of sulfone groups is 1. The first-order chi connectivity index (χ1) is 9.81. The van der Waals surface area contributed by atoms with Crippen LogP contribution in [0.4, 0.5) is 11.4 Å². The second-order valence-corrected chi connectivity index (χ2v) is 7.20. The van der Waals surface area contributed by atoms with E-state index in [1.165, 1.54) is 30.3 Å². The summed E-state index contributed by atoms with van der Waals surface area (Å²) in [5, 5.41) is 10.9. The summed E-state index contributed by atoms with van der Waals surface area (Å²) < 4.78 is 25.4. The molecule has 6 nitrogen and oxygen atoms in total. The number of nitro benzene ring substituents is 1. The summed E-state index contributed by atoms with van der Waals surface area (Å²) in [4.78, 5) is 10.3. The summed E-state index contributed by atoms with van der Waals surface area (Å²) >= 11 is 3.20. The standard InChI is InChI=1S/C13H11BrN2O4S/c14-10-5-6-13(11(15)7-10)21(19,20)8-9-3-1-2-4-12(9)16(17)18/h1-7H,8,15H2. The molecule has 0 saturated heterocycles. The van der Waals surface area contributed by atoms with Crippen molar-refractivity contribution in [3.8, 4) is 0 Å². The third kappa shape index (κ3) is 3.40. The molecule has 21 heavy (non-hydrogen) atoms. The second kappa shape index (κ2) is 5.82. The lowest BCUT2D eigenvalue weighted by atomic mass is 10.2. The van der Waals surface area contributed by atoms with Crippen LogP contribution in [0.15, 0.2) is 51.8 Å². The van der Waals surface area contributed by atoms with Gasteiger partial charge in [0, 0.05) is 16.1 Å². The van der Waals surface area contributed by atoms with Crippen LogP contribution in [0.2, 0.25) is 0 Å². The van der Waals surface area contributed by atoms with Crippen molar-refractivity contribution in [3.63, 3.8) is 0 Å². The predicted octanol–water partition coefficient (Wildman–Crippen LogP) is 2.91. The molecule has 0 spiro atoms. The quantitative estimate of drug-likeness (QED) is 0.506. The Hall–Kier alpha value is -1.93. The number of nitrogen functional groups attached to an aromatic ring is 1. The molecule has 2 aromatic rings. The molecule has 0 aliphatic carbocycles. The number of nitrogens with zero attached hydrogens (tertiary/aromatic N) is 1. The van der Waals surface area contributed by atoms with Crippen LogP contribution in [-0.2, 0) is 15.6 Å². The molecule has 0 atom stereocenters. The molecule has 0 aliphatic rings. The fourth-order valence-corrected chi connectivity index (χ4v) is 3.78. The number of anilines is 1. The van der Waals surface area contributed by atoms with Crippen molar-refractivity contribution in [1.82, 2.24) is 0 Å². The zero-order valence-corrected chi connectivity index (χ0v) is 13.1. The molecule has 2 N–H and O–H groups in total. The first-order valence-electron chi connectivity index (χ1n) is 5.81. The summed E-state index contributed by atoms with van der Waals surface area (Å²) in [5.41, 5.74) is 5.72. The number of para-hydroxylation sites is 1. The van der Waals surface area contributed by atoms with Gasteiger partial charge in [0.05, 0.1) is 21.3 Å². The molecule has 0 radical (unpaired) electrons. The number of hydrogen-bond acceptors (Lipinski definition) is 5. The number of halogens is 1. The highest BCUT2D eigenvalue weighted by atomic mass is 79.9. The summed E-state index contributed by atoms with van der Waals surface area (Å²) in [6.07, 6.45) is 0. The van der Waals surface area contributed by atoms with Gasteiger partial charge in [-0.15, -0.1) is 0 Å². The highest BCUT2D eigenvalue weighted by Gasteiger charge is 2.23. The van der Waals surface area contributed by atoms with Gasteiger partial charge in [-0.05, 0) is 18.2 Å². The van der Waals surface area contributed by atoms with Crippen molar-refractivity contribution in [3.05, 3.63) is 62.6 Å². The van der Waals surface area contributed by atoms with Crippen molar-refractivity contribution in [2.75, 3.05) is 5.73 Å². The van der Waals surface area contributed by atoms with Crippen molar-refractivity contribution in [2.45, 2.75) is 10.6 Å². The fourth-order valence-electron chi connectivity index (χ4n) is 1.90. The predicted molar refractivity (Wildman–Crippen MR) is 82.5 cm³/mol. The monoisotopic (exact) mass is 370 g/mol. The SMILES string of the molecule is Nc1cc(Br)ccc1S(=O)(=O)Cc1ccccc1[N+](=O)[O-]. The van der Waals surface area contributed by atoms with Gasteiger partial charge < -0.3 is 5.73 Å². The number of nitrogens with two attached hydrogens (primary N) is 1. The molecule has 8 heteroatoms. The average Bonchev–Trinajstić information content (AvgIpc) is 2.37. The van der Waals surface area contributed by atoms with Crippen LogP contribution in [0, 0.1) is 10.1 Å². The molecule has 0 unspecified atom stereocenters. The van der Waals surface area contributed by atoms with Crippen LogP contribution in [0.25, 0.3) is 0 Å². The largest absolute Gasteiger partial charge is 0.398 e. The maximum absolute atomic E-state index is 12.4. The van der Waals surface area contributed by atoms with E-state index in [1.807, 2.05) is 0 Å². The zero-order chi connectivity index (χ0) is 15.6. The van der Waals surface area contributed by atoms with E-state index in [4.69, 9.17) is 5.73 Å². The summed E-state index contributed by atoms with van der Waals surface area (Å²) in [7, 11) is -3.77. The lowest BCUT2D eigenvalue weighted by Crippen LogP contribution is -2.09. The van der Waals surface area contributed by atoms with E-state index in [2.05, 4.69) is 15.9 Å². The summed E-state index contributed by atoms with van der Waals surface area (Å²) in [6.45, 7) is 0. The van der Waals surface area contributed by atoms with Crippen LogP contribution in [0.3, 0.4) is 0 Å². The smallest absolute Gasteiger partial charge is 0.273 e. The summed E-state index contributed by atoms with van der Waals surface area (Å²) in [6, 6.07) is 10.2. The lowest BCUT2D eigenvalue weighted by molar-refractivity contribution is -0.385. The van der Waals surface area contributed by atoms with Gasteiger partial charge in [-0.1, -0.05) is 34.1 Å². The van der Waals surface area contributed by atoms with E-state index in [-0.39, 0.29) is 21.8 Å².